The quantitative estimate of drug-likeness (QED) is 0.812. The normalized spacial score (nSPS) is 17.3. The molecular weight excluding hydrogens is 326 g/mol. The van der Waals surface area contributed by atoms with Crippen LogP contribution in [0.1, 0.15) is 32.3 Å². The molecule has 1 fully saturated rings. The molecule has 2 rings (SSSR count). The number of carbonyl (C=O) groups excluding carboxylic acids is 1. The molecule has 0 N–H and O–H groups in total. The molecule has 0 radical (unpaired) electrons. The minimum atomic E-state index is -3.71. The van der Waals surface area contributed by atoms with Crippen molar-refractivity contribution in [1.82, 2.24) is 9.21 Å². The minimum Gasteiger partial charge on any atom is -0.340 e. The Bertz CT molecular complexity index is 732. The molecule has 1 unspecified atom stereocenters. The van der Waals surface area contributed by atoms with Gasteiger partial charge in [-0.2, -0.15) is 9.57 Å². The molecule has 0 aliphatic carbocycles. The molecule has 1 aromatic carbocycles. The van der Waals surface area contributed by atoms with Gasteiger partial charge in [0.2, 0.25) is 15.9 Å². The number of carbonyl (C=O) groups is 1. The van der Waals surface area contributed by atoms with E-state index < -0.39 is 10.0 Å². The van der Waals surface area contributed by atoms with Crippen molar-refractivity contribution >= 4 is 15.9 Å². The van der Waals surface area contributed by atoms with Gasteiger partial charge in [0.1, 0.15) is 6.07 Å². The zero-order chi connectivity index (χ0) is 17.7. The highest BCUT2D eigenvalue weighted by Crippen LogP contribution is 2.21. The smallest absolute Gasteiger partial charge is 0.244 e. The van der Waals surface area contributed by atoms with Gasteiger partial charge in [0.05, 0.1) is 10.5 Å². The number of nitriles is 1. The van der Waals surface area contributed by atoms with Gasteiger partial charge in [-0.15, -0.1) is 0 Å². The number of benzene rings is 1. The molecule has 1 aliphatic rings. The van der Waals surface area contributed by atoms with Crippen LogP contribution in [-0.2, 0) is 14.8 Å². The van der Waals surface area contributed by atoms with Crippen LogP contribution in [0.4, 0.5) is 0 Å². The van der Waals surface area contributed by atoms with Crippen LogP contribution < -0.4 is 0 Å². The van der Waals surface area contributed by atoms with Gasteiger partial charge in [-0.25, -0.2) is 8.42 Å². The van der Waals surface area contributed by atoms with Crippen LogP contribution in [0.5, 0.6) is 0 Å². The Morgan fingerprint density at radius 2 is 1.88 bits per heavy atom. The number of amides is 1. The van der Waals surface area contributed by atoms with Gasteiger partial charge in [-0.3, -0.25) is 4.79 Å². The summed E-state index contributed by atoms with van der Waals surface area (Å²) in [5.41, 5.74) is 0.146. The van der Waals surface area contributed by atoms with Gasteiger partial charge in [0, 0.05) is 32.1 Å². The number of rotatable bonds is 5. The average molecular weight is 349 g/mol. The summed E-state index contributed by atoms with van der Waals surface area (Å²) < 4.78 is 26.9. The number of hydrogen-bond acceptors (Lipinski definition) is 4. The van der Waals surface area contributed by atoms with Crippen LogP contribution in [0.2, 0.25) is 0 Å². The van der Waals surface area contributed by atoms with Gasteiger partial charge < -0.3 is 4.90 Å². The summed E-state index contributed by atoms with van der Waals surface area (Å²) in [7, 11) is -3.71. The van der Waals surface area contributed by atoms with E-state index in [1.165, 1.54) is 16.4 Å². The topological polar surface area (TPSA) is 81.5 Å². The average Bonchev–Trinajstić information content (AvgIpc) is 2.61. The molecule has 1 aliphatic heterocycles. The molecule has 1 atom stereocenters. The zero-order valence-corrected chi connectivity index (χ0v) is 14.9. The van der Waals surface area contributed by atoms with Gasteiger partial charge in [-0.05, 0) is 18.6 Å². The Balaban J connectivity index is 2.09. The first-order chi connectivity index (χ1) is 11.4. The molecule has 0 saturated carbocycles. The maximum absolute atomic E-state index is 12.8. The summed E-state index contributed by atoms with van der Waals surface area (Å²) in [4.78, 5) is 14.1. The van der Waals surface area contributed by atoms with Gasteiger partial charge in [0.25, 0.3) is 0 Å². The Kier molecular flexibility index (Phi) is 5.97. The Morgan fingerprint density at radius 3 is 2.46 bits per heavy atom. The predicted molar refractivity (Wildman–Crippen MR) is 90.6 cm³/mol. The van der Waals surface area contributed by atoms with E-state index in [1.54, 1.807) is 17.0 Å². The first kappa shape index (κ1) is 18.4. The molecule has 1 saturated heterocycles. The highest BCUT2D eigenvalue weighted by atomic mass is 32.2. The standard InChI is InChI=1S/C17H23N3O3S/c1-3-6-14(2)17(21)19-9-11-20(12-10-19)24(22,23)16-8-5-4-7-15(16)13-18/h4-5,7-8,14H,3,6,9-12H2,1-2H3. The second kappa shape index (κ2) is 7.77. The maximum atomic E-state index is 12.8. The van der Waals surface area contributed by atoms with Crippen LogP contribution in [0.25, 0.3) is 0 Å². The first-order valence-corrected chi connectivity index (χ1v) is 9.64. The SMILES string of the molecule is CCCC(C)C(=O)N1CCN(S(=O)(=O)c2ccccc2C#N)CC1. The van der Waals surface area contributed by atoms with Crippen molar-refractivity contribution in [3.8, 4) is 6.07 Å². The van der Waals surface area contributed by atoms with E-state index >= 15 is 0 Å². The van der Waals surface area contributed by atoms with Crippen LogP contribution in [0.3, 0.4) is 0 Å². The lowest BCUT2D eigenvalue weighted by Crippen LogP contribution is -2.51. The zero-order valence-electron chi connectivity index (χ0n) is 14.1. The molecule has 130 valence electrons. The molecule has 24 heavy (non-hydrogen) atoms. The lowest BCUT2D eigenvalue weighted by Gasteiger charge is -2.35. The van der Waals surface area contributed by atoms with Crippen LogP contribution >= 0.6 is 0 Å². The van der Waals surface area contributed by atoms with Crippen molar-refractivity contribution in [1.29, 1.82) is 5.26 Å². The summed E-state index contributed by atoms with van der Waals surface area (Å²) >= 11 is 0. The summed E-state index contributed by atoms with van der Waals surface area (Å²) in [6.45, 7) is 5.25. The number of hydrogen-bond donors (Lipinski definition) is 0. The van der Waals surface area contributed by atoms with Gasteiger partial charge >= 0.3 is 0 Å². The molecule has 6 nitrogen and oxygen atoms in total. The molecular formula is C17H23N3O3S. The van der Waals surface area contributed by atoms with E-state index in [1.807, 2.05) is 19.9 Å². The Labute approximate surface area is 143 Å². The first-order valence-electron chi connectivity index (χ1n) is 8.20. The monoisotopic (exact) mass is 349 g/mol. The van der Waals surface area contributed by atoms with Crippen LogP contribution in [0.15, 0.2) is 29.2 Å². The van der Waals surface area contributed by atoms with Crippen molar-refractivity contribution in [2.75, 3.05) is 26.2 Å². The molecule has 0 aromatic heterocycles. The number of piperazine rings is 1. The van der Waals surface area contributed by atoms with E-state index in [0.717, 1.165) is 12.8 Å². The van der Waals surface area contributed by atoms with Crippen molar-refractivity contribution in [2.24, 2.45) is 5.92 Å². The minimum absolute atomic E-state index is 0.0301. The number of sulfonamides is 1. The molecule has 0 bridgehead atoms. The predicted octanol–water partition coefficient (Wildman–Crippen LogP) is 1.83. The van der Waals surface area contributed by atoms with Gasteiger partial charge in [-0.1, -0.05) is 32.4 Å². The Morgan fingerprint density at radius 1 is 1.25 bits per heavy atom. The van der Waals surface area contributed by atoms with E-state index in [9.17, 15) is 13.2 Å². The van der Waals surface area contributed by atoms with Crippen molar-refractivity contribution in [3.63, 3.8) is 0 Å². The second-order valence-electron chi connectivity index (χ2n) is 6.03. The van der Waals surface area contributed by atoms with Crippen molar-refractivity contribution in [3.05, 3.63) is 29.8 Å². The van der Waals surface area contributed by atoms with E-state index in [4.69, 9.17) is 5.26 Å². The highest BCUT2D eigenvalue weighted by molar-refractivity contribution is 7.89. The Hall–Kier alpha value is -1.91. The van der Waals surface area contributed by atoms with Crippen molar-refractivity contribution in [2.45, 2.75) is 31.6 Å². The summed E-state index contributed by atoms with van der Waals surface area (Å²) in [6, 6.07) is 8.13. The highest BCUT2D eigenvalue weighted by Gasteiger charge is 2.32. The van der Waals surface area contributed by atoms with E-state index in [0.29, 0.717) is 13.1 Å². The molecule has 1 aromatic rings. The molecule has 1 heterocycles. The molecule has 0 spiro atoms. The fourth-order valence-corrected chi connectivity index (χ4v) is 4.50. The molecule has 7 heteroatoms. The fraction of sp³-hybridized carbons (Fsp3) is 0.529. The summed E-state index contributed by atoms with van der Waals surface area (Å²) in [5, 5.41) is 9.12. The van der Waals surface area contributed by atoms with Crippen molar-refractivity contribution < 1.29 is 13.2 Å². The summed E-state index contributed by atoms with van der Waals surface area (Å²) in [6.07, 6.45) is 1.79. The number of nitrogens with zero attached hydrogens (tertiary/aromatic N) is 3. The van der Waals surface area contributed by atoms with E-state index in [2.05, 4.69) is 0 Å². The third-order valence-corrected chi connectivity index (χ3v) is 6.28. The lowest BCUT2D eigenvalue weighted by molar-refractivity contribution is -0.136. The maximum Gasteiger partial charge on any atom is 0.244 e. The van der Waals surface area contributed by atoms with Crippen LogP contribution in [0, 0.1) is 17.2 Å². The largest absolute Gasteiger partial charge is 0.340 e. The lowest BCUT2D eigenvalue weighted by atomic mass is 10.0. The summed E-state index contributed by atoms with van der Waals surface area (Å²) in [5.74, 6) is 0.0591. The third-order valence-electron chi connectivity index (χ3n) is 4.32. The molecule has 1 amide bonds. The fourth-order valence-electron chi connectivity index (χ4n) is 2.94. The van der Waals surface area contributed by atoms with Gasteiger partial charge in [0.15, 0.2) is 0 Å². The third kappa shape index (κ3) is 3.77. The van der Waals surface area contributed by atoms with Crippen LogP contribution in [-0.4, -0.2) is 49.7 Å². The van der Waals surface area contributed by atoms with E-state index in [-0.39, 0.29) is 35.4 Å². The second-order valence-corrected chi connectivity index (χ2v) is 7.93.